The van der Waals surface area contributed by atoms with Gasteiger partial charge in [0, 0.05) is 43.2 Å². The molecule has 1 aromatic heterocycles. The third-order valence-corrected chi connectivity index (χ3v) is 6.56. The number of fused-ring (bicyclic) bond motifs is 1. The average Bonchev–Trinajstić information content (AvgIpc) is 2.83. The molecule has 4 rings (SSSR count). The largest absolute Gasteiger partial charge is 0.467 e. The maximum absolute atomic E-state index is 15.0. The molecule has 0 bridgehead atoms. The number of hydrogen-bond acceptors (Lipinski definition) is 7. The smallest absolute Gasteiger partial charge is 0.417 e. The molecule has 0 aliphatic carbocycles. The van der Waals surface area contributed by atoms with Gasteiger partial charge in [-0.2, -0.15) is 23.1 Å². The van der Waals surface area contributed by atoms with Gasteiger partial charge in [-0.25, -0.2) is 4.39 Å². The zero-order chi connectivity index (χ0) is 26.4. The fraction of sp³-hybridized carbons (Fsp3) is 0.458. The minimum Gasteiger partial charge on any atom is -0.467 e. The third-order valence-electron chi connectivity index (χ3n) is 6.56. The number of aryl methyl sites for hydroxylation is 1. The molecule has 1 aromatic carbocycles. The van der Waals surface area contributed by atoms with Crippen molar-refractivity contribution in [1.82, 2.24) is 14.9 Å². The molecule has 36 heavy (non-hydrogen) atoms. The van der Waals surface area contributed by atoms with E-state index in [4.69, 9.17) is 15.2 Å². The Morgan fingerprint density at radius 3 is 2.67 bits per heavy atom. The Kier molecular flexibility index (Phi) is 6.82. The van der Waals surface area contributed by atoms with Crippen LogP contribution in [0.4, 0.5) is 29.1 Å². The number of aromatic nitrogens is 2. The van der Waals surface area contributed by atoms with E-state index in [0.717, 1.165) is 6.07 Å². The quantitative estimate of drug-likeness (QED) is 0.383. The molecule has 2 atom stereocenters. The molecule has 1 fully saturated rings. The number of piperazine rings is 1. The van der Waals surface area contributed by atoms with Gasteiger partial charge in [0.1, 0.15) is 5.82 Å². The molecule has 1 saturated heterocycles. The second kappa shape index (κ2) is 9.57. The summed E-state index contributed by atoms with van der Waals surface area (Å²) in [7, 11) is 1.38. The van der Waals surface area contributed by atoms with Crippen LogP contribution in [0.1, 0.15) is 41.0 Å². The van der Waals surface area contributed by atoms with E-state index in [-0.39, 0.29) is 42.2 Å². The molecule has 0 saturated carbocycles. The summed E-state index contributed by atoms with van der Waals surface area (Å²) in [5, 5.41) is 0. The van der Waals surface area contributed by atoms with Crippen molar-refractivity contribution in [3.63, 3.8) is 0 Å². The van der Waals surface area contributed by atoms with E-state index in [2.05, 4.69) is 16.5 Å². The first kappa shape index (κ1) is 25.7. The highest BCUT2D eigenvalue weighted by Crippen LogP contribution is 2.44. The van der Waals surface area contributed by atoms with Gasteiger partial charge in [-0.05, 0) is 31.6 Å². The van der Waals surface area contributed by atoms with Crippen molar-refractivity contribution in [1.29, 1.82) is 0 Å². The molecule has 2 aromatic rings. The molecule has 0 radical (unpaired) electrons. The SMILES string of the molecule is C=CC(=O)N1CCN(c2nc(OC)nc3c2COC(c2c(F)c(N)cc(C)c2C(F)(F)F)C3)CC1C. The van der Waals surface area contributed by atoms with Gasteiger partial charge in [-0.15, -0.1) is 0 Å². The van der Waals surface area contributed by atoms with Crippen LogP contribution in [0, 0.1) is 12.7 Å². The van der Waals surface area contributed by atoms with Gasteiger partial charge in [0.25, 0.3) is 0 Å². The molecule has 2 aliphatic rings. The fourth-order valence-corrected chi connectivity index (χ4v) is 4.89. The van der Waals surface area contributed by atoms with E-state index >= 15 is 4.39 Å². The lowest BCUT2D eigenvalue weighted by Gasteiger charge is -2.41. The van der Waals surface area contributed by atoms with Gasteiger partial charge in [0.05, 0.1) is 36.8 Å². The summed E-state index contributed by atoms with van der Waals surface area (Å²) in [6.45, 7) is 7.88. The number of halogens is 4. The number of nitrogen functional groups attached to an aromatic ring is 1. The molecule has 0 spiro atoms. The summed E-state index contributed by atoms with van der Waals surface area (Å²) < 4.78 is 67.8. The number of carbonyl (C=O) groups is 1. The lowest BCUT2D eigenvalue weighted by Crippen LogP contribution is -2.54. The highest BCUT2D eigenvalue weighted by molar-refractivity contribution is 5.87. The van der Waals surface area contributed by atoms with Crippen LogP contribution >= 0.6 is 0 Å². The molecule has 194 valence electrons. The van der Waals surface area contributed by atoms with Crippen LogP contribution in [0.5, 0.6) is 6.01 Å². The van der Waals surface area contributed by atoms with E-state index in [1.54, 1.807) is 4.90 Å². The highest BCUT2D eigenvalue weighted by atomic mass is 19.4. The summed E-state index contributed by atoms with van der Waals surface area (Å²) in [5.74, 6) is -0.817. The molecular weight excluding hydrogens is 482 g/mol. The van der Waals surface area contributed by atoms with Gasteiger partial charge >= 0.3 is 12.2 Å². The lowest BCUT2D eigenvalue weighted by atomic mass is 9.91. The van der Waals surface area contributed by atoms with Crippen LogP contribution in [0.3, 0.4) is 0 Å². The van der Waals surface area contributed by atoms with E-state index < -0.39 is 29.2 Å². The Morgan fingerprint density at radius 2 is 2.06 bits per heavy atom. The number of nitrogens with two attached hydrogens (primary N) is 1. The number of ether oxygens (including phenoxy) is 2. The molecule has 1 amide bonds. The van der Waals surface area contributed by atoms with Gasteiger partial charge in [0.2, 0.25) is 5.91 Å². The van der Waals surface area contributed by atoms with Gasteiger partial charge in [-0.1, -0.05) is 6.58 Å². The molecule has 2 N–H and O–H groups in total. The zero-order valence-electron chi connectivity index (χ0n) is 20.2. The number of benzene rings is 1. The molecule has 12 heteroatoms. The van der Waals surface area contributed by atoms with E-state index in [1.807, 2.05) is 11.8 Å². The first-order chi connectivity index (χ1) is 17.0. The van der Waals surface area contributed by atoms with Crippen molar-refractivity contribution in [3.05, 3.63) is 52.5 Å². The van der Waals surface area contributed by atoms with Crippen LogP contribution in [0.25, 0.3) is 0 Å². The topological polar surface area (TPSA) is 93.8 Å². The van der Waals surface area contributed by atoms with Crippen molar-refractivity contribution >= 4 is 17.4 Å². The Labute approximate surface area is 205 Å². The maximum atomic E-state index is 15.0. The van der Waals surface area contributed by atoms with Crippen LogP contribution in [-0.2, 0) is 28.7 Å². The number of carbonyl (C=O) groups excluding carboxylic acids is 1. The van der Waals surface area contributed by atoms with Crippen molar-refractivity contribution in [2.45, 2.75) is 45.2 Å². The Balaban J connectivity index is 1.72. The summed E-state index contributed by atoms with van der Waals surface area (Å²) >= 11 is 0. The van der Waals surface area contributed by atoms with Crippen molar-refractivity contribution < 1.29 is 31.8 Å². The van der Waals surface area contributed by atoms with E-state index in [1.165, 1.54) is 20.1 Å². The van der Waals surface area contributed by atoms with Crippen molar-refractivity contribution in [3.8, 4) is 6.01 Å². The number of alkyl halides is 3. The fourth-order valence-electron chi connectivity index (χ4n) is 4.89. The van der Waals surface area contributed by atoms with Crippen molar-refractivity contribution in [2.75, 3.05) is 37.4 Å². The highest BCUT2D eigenvalue weighted by Gasteiger charge is 2.41. The molecule has 2 aliphatic heterocycles. The minimum absolute atomic E-state index is 0.0296. The second-order valence-corrected chi connectivity index (χ2v) is 8.88. The third kappa shape index (κ3) is 4.57. The normalized spacial score (nSPS) is 20.2. The first-order valence-corrected chi connectivity index (χ1v) is 11.3. The summed E-state index contributed by atoms with van der Waals surface area (Å²) in [5.41, 5.74) is 4.36. The number of hydrogen-bond donors (Lipinski definition) is 1. The number of amides is 1. The first-order valence-electron chi connectivity index (χ1n) is 11.3. The van der Waals surface area contributed by atoms with Crippen LogP contribution in [-0.4, -0.2) is 53.6 Å². The number of rotatable bonds is 4. The Bertz CT molecular complexity index is 1200. The molecule has 8 nitrogen and oxygen atoms in total. The lowest BCUT2D eigenvalue weighted by molar-refractivity contribution is -0.140. The predicted molar refractivity (Wildman–Crippen MR) is 124 cm³/mol. The summed E-state index contributed by atoms with van der Waals surface area (Å²) in [6.07, 6.45) is -4.92. The predicted octanol–water partition coefficient (Wildman–Crippen LogP) is 3.57. The van der Waals surface area contributed by atoms with Crippen LogP contribution < -0.4 is 15.4 Å². The Morgan fingerprint density at radius 1 is 1.33 bits per heavy atom. The van der Waals surface area contributed by atoms with Crippen molar-refractivity contribution in [2.24, 2.45) is 0 Å². The van der Waals surface area contributed by atoms with E-state index in [0.29, 0.717) is 36.7 Å². The summed E-state index contributed by atoms with van der Waals surface area (Å²) in [6, 6.07) is 0.860. The number of methoxy groups -OCH3 is 1. The standard InChI is InChI=1S/C24H27F4N5O3/c1-5-18(34)33-7-6-32(10-13(33)3)22-14-11-36-17(9-16(14)30-23(31-22)35-4)19-20(24(26,27)28)12(2)8-15(29)21(19)25/h5,8,13,17H,1,6-7,9-11,29H2,2-4H3. The molecule has 2 unspecified atom stereocenters. The maximum Gasteiger partial charge on any atom is 0.417 e. The van der Waals surface area contributed by atoms with Gasteiger partial charge in [0.15, 0.2) is 5.82 Å². The monoisotopic (exact) mass is 509 g/mol. The number of anilines is 2. The van der Waals surface area contributed by atoms with E-state index in [9.17, 15) is 18.0 Å². The average molecular weight is 510 g/mol. The minimum atomic E-state index is -4.80. The van der Waals surface area contributed by atoms with Gasteiger partial charge in [-0.3, -0.25) is 4.79 Å². The zero-order valence-corrected chi connectivity index (χ0v) is 20.2. The summed E-state index contributed by atoms with van der Waals surface area (Å²) in [4.78, 5) is 24.6. The van der Waals surface area contributed by atoms with Crippen LogP contribution in [0.15, 0.2) is 18.7 Å². The molecular formula is C24H27F4N5O3. The second-order valence-electron chi connectivity index (χ2n) is 8.88. The molecule has 3 heterocycles. The van der Waals surface area contributed by atoms with Gasteiger partial charge < -0.3 is 25.0 Å². The number of nitrogens with zero attached hydrogens (tertiary/aromatic N) is 4. The van der Waals surface area contributed by atoms with Crippen LogP contribution in [0.2, 0.25) is 0 Å². The Hall–Kier alpha value is -3.41.